The van der Waals surface area contributed by atoms with Crippen LogP contribution in [0, 0.1) is 17.8 Å². The molecule has 1 heterocycles. The Kier molecular flexibility index (Phi) is 9.44. The number of halogens is 1. The number of rotatable bonds is 8. The zero-order valence-electron chi connectivity index (χ0n) is 19.5. The highest BCUT2D eigenvalue weighted by atomic mass is 35.5. The summed E-state index contributed by atoms with van der Waals surface area (Å²) in [6.45, 7) is 7.04. The van der Waals surface area contributed by atoms with Crippen molar-refractivity contribution in [3.63, 3.8) is 0 Å². The van der Waals surface area contributed by atoms with Gasteiger partial charge in [0.25, 0.3) is 0 Å². The number of amides is 1. The Morgan fingerprint density at radius 3 is 2.41 bits per heavy atom. The molecule has 1 aliphatic heterocycles. The number of piperidine rings is 1. The Labute approximate surface area is 198 Å². The molecule has 2 N–H and O–H groups in total. The zero-order valence-corrected chi connectivity index (χ0v) is 21.0. The van der Waals surface area contributed by atoms with Crippen LogP contribution in [0.3, 0.4) is 0 Å². The summed E-state index contributed by atoms with van der Waals surface area (Å²) >= 11 is 6.81. The molecule has 0 aromatic heterocycles. The molecule has 4 unspecified atom stereocenters. The molecule has 1 saturated heterocycles. The van der Waals surface area contributed by atoms with E-state index in [-0.39, 0.29) is 36.0 Å². The maximum atomic E-state index is 12.8. The van der Waals surface area contributed by atoms with Gasteiger partial charge in [0, 0.05) is 43.1 Å². The van der Waals surface area contributed by atoms with Crippen LogP contribution in [0.15, 0.2) is 12.0 Å². The van der Waals surface area contributed by atoms with Crippen molar-refractivity contribution in [2.75, 3.05) is 26.7 Å². The van der Waals surface area contributed by atoms with E-state index < -0.39 is 10.0 Å². The summed E-state index contributed by atoms with van der Waals surface area (Å²) in [6, 6.07) is -0.0221. The van der Waals surface area contributed by atoms with Gasteiger partial charge in [-0.05, 0) is 56.3 Å². The Bertz CT molecular complexity index is 734. The van der Waals surface area contributed by atoms with Gasteiger partial charge in [-0.3, -0.25) is 4.79 Å². The second-order valence-corrected chi connectivity index (χ2v) is 12.1. The third-order valence-corrected chi connectivity index (χ3v) is 9.38. The molecular formula is C23H40ClN3O4S. The predicted octanol–water partition coefficient (Wildman–Crippen LogP) is 2.86. The lowest BCUT2D eigenvalue weighted by molar-refractivity contribution is -0.131. The highest BCUT2D eigenvalue weighted by Crippen LogP contribution is 2.42. The molecule has 4 atom stereocenters. The van der Waals surface area contributed by atoms with Crippen LogP contribution in [0.5, 0.6) is 0 Å². The summed E-state index contributed by atoms with van der Waals surface area (Å²) in [5, 5.41) is 4.54. The summed E-state index contributed by atoms with van der Waals surface area (Å²) in [7, 11) is -1.71. The molecule has 184 valence electrons. The van der Waals surface area contributed by atoms with Crippen LogP contribution in [0.1, 0.15) is 58.3 Å². The molecule has 7 nitrogen and oxygen atoms in total. The molecule has 3 aliphatic rings. The number of carbonyl (C=O) groups is 1. The van der Waals surface area contributed by atoms with Crippen LogP contribution >= 0.6 is 11.6 Å². The first-order valence-corrected chi connectivity index (χ1v) is 14.0. The van der Waals surface area contributed by atoms with Crippen molar-refractivity contribution in [2.45, 2.75) is 81.9 Å². The quantitative estimate of drug-likeness (QED) is 0.512. The van der Waals surface area contributed by atoms with Gasteiger partial charge >= 0.3 is 0 Å². The molecule has 0 spiro atoms. The first-order valence-electron chi connectivity index (χ1n) is 12.0. The van der Waals surface area contributed by atoms with Crippen LogP contribution in [0.25, 0.3) is 0 Å². The van der Waals surface area contributed by atoms with Crippen molar-refractivity contribution < 1.29 is 17.9 Å². The van der Waals surface area contributed by atoms with Gasteiger partial charge in [0.2, 0.25) is 15.9 Å². The number of methoxy groups -OCH3 is 1. The Balaban J connectivity index is 1.48. The van der Waals surface area contributed by atoms with Gasteiger partial charge in [-0.2, -0.15) is 0 Å². The van der Waals surface area contributed by atoms with E-state index >= 15 is 0 Å². The van der Waals surface area contributed by atoms with Crippen molar-refractivity contribution >= 4 is 27.5 Å². The number of likely N-dealkylation sites (tertiary alicyclic amines) is 1. The standard InChI is InChI=1S/C23H40ClN3O4S/c1-4-32(29,30)26-18-9-11-27(12-10-18)23(28)15-25-21-13-19(20(24)14-22(21)31-3)17-7-5-16(2)6-8-17/h4,16-22,25-26H,1,5-15H2,2-3H3. The van der Waals surface area contributed by atoms with E-state index in [1.807, 2.05) is 4.90 Å². The van der Waals surface area contributed by atoms with Gasteiger partial charge in [-0.15, -0.1) is 11.6 Å². The lowest BCUT2D eigenvalue weighted by Gasteiger charge is -2.44. The fourth-order valence-corrected chi connectivity index (χ4v) is 6.97. The largest absolute Gasteiger partial charge is 0.380 e. The molecule has 0 radical (unpaired) electrons. The molecule has 2 aliphatic carbocycles. The Morgan fingerprint density at radius 2 is 1.81 bits per heavy atom. The van der Waals surface area contributed by atoms with Crippen molar-refractivity contribution in [1.82, 2.24) is 14.9 Å². The monoisotopic (exact) mass is 489 g/mol. The number of alkyl halides is 1. The number of sulfonamides is 1. The summed E-state index contributed by atoms with van der Waals surface area (Å²) in [5.41, 5.74) is 0. The average Bonchev–Trinajstić information content (AvgIpc) is 2.78. The third kappa shape index (κ3) is 6.92. The van der Waals surface area contributed by atoms with E-state index in [0.29, 0.717) is 37.8 Å². The summed E-state index contributed by atoms with van der Waals surface area (Å²) < 4.78 is 31.7. The molecule has 1 amide bonds. The number of ether oxygens (including phenoxy) is 1. The maximum absolute atomic E-state index is 12.8. The number of hydrogen-bond donors (Lipinski definition) is 2. The highest BCUT2D eigenvalue weighted by Gasteiger charge is 2.41. The Hall–Kier alpha value is -0.670. The van der Waals surface area contributed by atoms with Crippen molar-refractivity contribution in [2.24, 2.45) is 17.8 Å². The number of hydrogen-bond acceptors (Lipinski definition) is 5. The molecule has 3 fully saturated rings. The summed E-state index contributed by atoms with van der Waals surface area (Å²) in [6.07, 6.45) is 8.08. The predicted molar refractivity (Wildman–Crippen MR) is 128 cm³/mol. The molecular weight excluding hydrogens is 450 g/mol. The minimum absolute atomic E-state index is 0.0168. The van der Waals surface area contributed by atoms with Crippen LogP contribution in [-0.2, 0) is 19.6 Å². The SMILES string of the molecule is C=CS(=O)(=O)NC1CCN(C(=O)CNC2CC(C3CCC(C)CC3)C(Cl)CC2OC)CC1. The van der Waals surface area contributed by atoms with E-state index in [4.69, 9.17) is 16.3 Å². The zero-order chi connectivity index (χ0) is 23.3. The first kappa shape index (κ1) is 25.9. The average molecular weight is 490 g/mol. The molecule has 0 aromatic rings. The number of nitrogens with zero attached hydrogens (tertiary/aromatic N) is 1. The van der Waals surface area contributed by atoms with Crippen molar-refractivity contribution in [3.05, 3.63) is 12.0 Å². The number of carbonyl (C=O) groups excluding carboxylic acids is 1. The van der Waals surface area contributed by atoms with Gasteiger partial charge < -0.3 is 15.0 Å². The highest BCUT2D eigenvalue weighted by molar-refractivity contribution is 7.92. The summed E-state index contributed by atoms with van der Waals surface area (Å²) in [5.74, 6) is 2.01. The topological polar surface area (TPSA) is 87.7 Å². The van der Waals surface area contributed by atoms with Gasteiger partial charge in [-0.1, -0.05) is 26.3 Å². The molecule has 2 saturated carbocycles. The van der Waals surface area contributed by atoms with Crippen LogP contribution in [0.2, 0.25) is 0 Å². The van der Waals surface area contributed by atoms with Gasteiger partial charge in [0.05, 0.1) is 12.6 Å². The van der Waals surface area contributed by atoms with E-state index in [1.54, 1.807) is 7.11 Å². The molecule has 0 bridgehead atoms. The second-order valence-electron chi connectivity index (χ2n) is 9.92. The van der Waals surface area contributed by atoms with Crippen molar-refractivity contribution in [3.8, 4) is 0 Å². The third-order valence-electron chi connectivity index (χ3n) is 7.78. The van der Waals surface area contributed by atoms with Crippen LogP contribution in [0.4, 0.5) is 0 Å². The van der Waals surface area contributed by atoms with Crippen LogP contribution in [-0.4, -0.2) is 69.5 Å². The van der Waals surface area contributed by atoms with Crippen LogP contribution < -0.4 is 10.0 Å². The van der Waals surface area contributed by atoms with E-state index in [2.05, 4.69) is 23.5 Å². The molecule has 0 aromatic carbocycles. The van der Waals surface area contributed by atoms with Gasteiger partial charge in [0.15, 0.2) is 0 Å². The molecule has 9 heteroatoms. The fourth-order valence-electron chi connectivity index (χ4n) is 5.69. The second kappa shape index (κ2) is 11.6. The molecule has 32 heavy (non-hydrogen) atoms. The lowest BCUT2D eigenvalue weighted by atomic mass is 9.69. The van der Waals surface area contributed by atoms with E-state index in [9.17, 15) is 13.2 Å². The normalized spacial score (nSPS) is 34.9. The smallest absolute Gasteiger partial charge is 0.236 e. The van der Waals surface area contributed by atoms with E-state index in [1.165, 1.54) is 25.7 Å². The lowest BCUT2D eigenvalue weighted by Crippen LogP contribution is -2.54. The first-order chi connectivity index (χ1) is 15.2. The minimum atomic E-state index is -3.44. The minimum Gasteiger partial charge on any atom is -0.380 e. The summed E-state index contributed by atoms with van der Waals surface area (Å²) in [4.78, 5) is 14.6. The maximum Gasteiger partial charge on any atom is 0.236 e. The van der Waals surface area contributed by atoms with E-state index in [0.717, 1.165) is 24.2 Å². The van der Waals surface area contributed by atoms with Gasteiger partial charge in [-0.25, -0.2) is 13.1 Å². The fraction of sp³-hybridized carbons (Fsp3) is 0.870. The molecule has 3 rings (SSSR count). The Morgan fingerprint density at radius 1 is 1.16 bits per heavy atom. The van der Waals surface area contributed by atoms with Crippen molar-refractivity contribution in [1.29, 1.82) is 0 Å². The number of nitrogens with one attached hydrogen (secondary N) is 2. The van der Waals surface area contributed by atoms with Gasteiger partial charge in [0.1, 0.15) is 0 Å².